The van der Waals surface area contributed by atoms with E-state index in [1.165, 1.54) is 30.5 Å². The number of nitrogens with zero attached hydrogens (tertiary/aromatic N) is 1. The van der Waals surface area contributed by atoms with Crippen LogP contribution in [0.25, 0.3) is 0 Å². The van der Waals surface area contributed by atoms with E-state index in [1.807, 2.05) is 12.1 Å². The Morgan fingerprint density at radius 2 is 2.11 bits per heavy atom. The van der Waals surface area contributed by atoms with Gasteiger partial charge < -0.3 is 10.0 Å². The van der Waals surface area contributed by atoms with Crippen molar-refractivity contribution in [3.63, 3.8) is 0 Å². The normalized spacial score (nSPS) is 34.1. The molecule has 106 valence electrons. The van der Waals surface area contributed by atoms with E-state index in [2.05, 4.69) is 31.9 Å². The average Bonchev–Trinajstić information content (AvgIpc) is 2.41. The Hall–Kier alpha value is -0.540. The fourth-order valence-corrected chi connectivity index (χ4v) is 4.11. The van der Waals surface area contributed by atoms with Crippen LogP contribution < -0.4 is 0 Å². The second-order valence-corrected chi connectivity index (χ2v) is 6.40. The van der Waals surface area contributed by atoms with Gasteiger partial charge in [0.15, 0.2) is 0 Å². The molecule has 2 nitrogen and oxygen atoms in total. The molecule has 1 N–H and O–H groups in total. The highest BCUT2D eigenvalue weighted by molar-refractivity contribution is 8.93. The molecule has 0 spiro atoms. The van der Waals surface area contributed by atoms with Crippen molar-refractivity contribution in [1.82, 2.24) is 4.90 Å². The molecule has 1 aromatic carbocycles. The molecule has 1 aliphatic heterocycles. The second-order valence-electron chi connectivity index (χ2n) is 6.40. The standard InChI is InChI=1S/C16H23NO.BrH/c1-11-15-9-12-5-6-13(18)10-14(12)16(11,2)7-4-8-17(15)3;/h5-6,10-11,15,18H,4,7-9H2,1-3H3;1H/t11-,15+,16+;/m0./s1. The van der Waals surface area contributed by atoms with E-state index in [1.54, 1.807) is 0 Å². The minimum absolute atomic E-state index is 0. The maximum atomic E-state index is 9.80. The molecule has 2 aliphatic rings. The zero-order valence-electron chi connectivity index (χ0n) is 12.0. The van der Waals surface area contributed by atoms with Crippen LogP contribution >= 0.6 is 17.0 Å². The smallest absolute Gasteiger partial charge is 0.115 e. The van der Waals surface area contributed by atoms with Gasteiger partial charge >= 0.3 is 0 Å². The Morgan fingerprint density at radius 3 is 2.84 bits per heavy atom. The van der Waals surface area contributed by atoms with E-state index >= 15 is 0 Å². The van der Waals surface area contributed by atoms with Gasteiger partial charge in [0.1, 0.15) is 5.75 Å². The van der Waals surface area contributed by atoms with E-state index < -0.39 is 0 Å². The Morgan fingerprint density at radius 1 is 1.37 bits per heavy atom. The summed E-state index contributed by atoms with van der Waals surface area (Å²) < 4.78 is 0. The van der Waals surface area contributed by atoms with Crippen molar-refractivity contribution in [1.29, 1.82) is 0 Å². The van der Waals surface area contributed by atoms with Crippen LogP contribution in [0.4, 0.5) is 0 Å². The first-order valence-electron chi connectivity index (χ1n) is 7.05. The zero-order valence-corrected chi connectivity index (χ0v) is 13.7. The van der Waals surface area contributed by atoms with Crippen molar-refractivity contribution in [2.45, 2.75) is 44.6 Å². The monoisotopic (exact) mass is 325 g/mol. The second kappa shape index (κ2) is 5.10. The Balaban J connectivity index is 0.00000133. The molecule has 0 radical (unpaired) electrons. The maximum absolute atomic E-state index is 9.80. The Bertz CT molecular complexity index is 476. The lowest BCUT2D eigenvalue weighted by Crippen LogP contribution is -2.48. The minimum Gasteiger partial charge on any atom is -0.508 e. The van der Waals surface area contributed by atoms with Crippen LogP contribution in [0.3, 0.4) is 0 Å². The first-order valence-corrected chi connectivity index (χ1v) is 7.05. The molecule has 1 heterocycles. The molecule has 1 aliphatic carbocycles. The van der Waals surface area contributed by atoms with Crippen LogP contribution in [0.5, 0.6) is 5.75 Å². The minimum atomic E-state index is 0. The molecular weight excluding hydrogens is 302 g/mol. The van der Waals surface area contributed by atoms with Crippen LogP contribution in [0.1, 0.15) is 37.8 Å². The molecule has 0 unspecified atom stereocenters. The third kappa shape index (κ3) is 2.21. The van der Waals surface area contributed by atoms with Gasteiger partial charge in [0.25, 0.3) is 0 Å². The van der Waals surface area contributed by atoms with Gasteiger partial charge in [0, 0.05) is 6.04 Å². The molecule has 2 bridgehead atoms. The topological polar surface area (TPSA) is 23.5 Å². The molecule has 19 heavy (non-hydrogen) atoms. The van der Waals surface area contributed by atoms with E-state index in [4.69, 9.17) is 0 Å². The summed E-state index contributed by atoms with van der Waals surface area (Å²) in [4.78, 5) is 2.53. The van der Waals surface area contributed by atoms with Gasteiger partial charge in [-0.1, -0.05) is 19.9 Å². The summed E-state index contributed by atoms with van der Waals surface area (Å²) in [5.74, 6) is 1.07. The summed E-state index contributed by atoms with van der Waals surface area (Å²) in [5, 5.41) is 9.80. The average molecular weight is 326 g/mol. The van der Waals surface area contributed by atoms with Crippen LogP contribution in [0.15, 0.2) is 18.2 Å². The molecule has 3 atom stereocenters. The van der Waals surface area contributed by atoms with Crippen LogP contribution in [0, 0.1) is 5.92 Å². The highest BCUT2D eigenvalue weighted by Gasteiger charge is 2.45. The quantitative estimate of drug-likeness (QED) is 0.789. The zero-order chi connectivity index (χ0) is 12.9. The summed E-state index contributed by atoms with van der Waals surface area (Å²) in [5.41, 5.74) is 3.05. The maximum Gasteiger partial charge on any atom is 0.115 e. The number of aromatic hydroxyl groups is 1. The van der Waals surface area contributed by atoms with Gasteiger partial charge in [-0.05, 0) is 67.4 Å². The number of fused-ring (bicyclic) bond motifs is 4. The van der Waals surface area contributed by atoms with Gasteiger partial charge in [-0.15, -0.1) is 17.0 Å². The van der Waals surface area contributed by atoms with Crippen molar-refractivity contribution in [3.8, 4) is 5.75 Å². The third-order valence-electron chi connectivity index (χ3n) is 5.49. The van der Waals surface area contributed by atoms with E-state index in [9.17, 15) is 5.11 Å². The molecule has 1 fully saturated rings. The number of halogens is 1. The van der Waals surface area contributed by atoms with Crippen molar-refractivity contribution >= 4 is 17.0 Å². The summed E-state index contributed by atoms with van der Waals surface area (Å²) in [6.07, 6.45) is 3.61. The van der Waals surface area contributed by atoms with Crippen molar-refractivity contribution in [2.24, 2.45) is 5.92 Å². The molecule has 3 rings (SSSR count). The number of hydrogen-bond acceptors (Lipinski definition) is 2. The SMILES string of the molecule is Br.C[C@H]1[C@H]2Cc3ccc(O)cc3[C@]1(C)CCCN2C. The molecule has 0 amide bonds. The Labute approximate surface area is 126 Å². The first-order chi connectivity index (χ1) is 8.52. The lowest BCUT2D eigenvalue weighted by molar-refractivity contribution is 0.143. The number of rotatable bonds is 0. The Kier molecular flexibility index (Phi) is 3.99. The molecule has 0 aromatic heterocycles. The van der Waals surface area contributed by atoms with Gasteiger partial charge in [-0.2, -0.15) is 0 Å². The molecule has 1 aromatic rings. The molecule has 3 heteroatoms. The first kappa shape index (κ1) is 14.9. The number of phenols is 1. The number of phenolic OH excluding ortho intramolecular Hbond substituents is 1. The van der Waals surface area contributed by atoms with E-state index in [0.717, 1.165) is 6.42 Å². The predicted molar refractivity (Wildman–Crippen MR) is 84.3 cm³/mol. The molecular formula is C16H24BrNO. The molecule has 1 saturated heterocycles. The van der Waals surface area contributed by atoms with Crippen molar-refractivity contribution in [3.05, 3.63) is 29.3 Å². The largest absolute Gasteiger partial charge is 0.508 e. The molecule has 0 saturated carbocycles. The van der Waals surface area contributed by atoms with Gasteiger partial charge in [0.2, 0.25) is 0 Å². The van der Waals surface area contributed by atoms with Crippen LogP contribution in [-0.2, 0) is 11.8 Å². The van der Waals surface area contributed by atoms with E-state index in [0.29, 0.717) is 17.7 Å². The summed E-state index contributed by atoms with van der Waals surface area (Å²) >= 11 is 0. The summed E-state index contributed by atoms with van der Waals surface area (Å²) in [6, 6.07) is 6.62. The summed E-state index contributed by atoms with van der Waals surface area (Å²) in [6.45, 7) is 5.98. The number of benzene rings is 1. The fourth-order valence-electron chi connectivity index (χ4n) is 4.11. The summed E-state index contributed by atoms with van der Waals surface area (Å²) in [7, 11) is 2.26. The number of likely N-dealkylation sites (N-methyl/N-ethyl adjacent to an activating group) is 1. The third-order valence-corrected chi connectivity index (χ3v) is 5.49. The van der Waals surface area contributed by atoms with Crippen molar-refractivity contribution in [2.75, 3.05) is 13.6 Å². The highest BCUT2D eigenvalue weighted by atomic mass is 79.9. The predicted octanol–water partition coefficient (Wildman–Crippen LogP) is 3.51. The lowest BCUT2D eigenvalue weighted by atomic mass is 9.61. The number of likely N-dealkylation sites (tertiary alicyclic amines) is 1. The van der Waals surface area contributed by atoms with Gasteiger partial charge in [0.05, 0.1) is 0 Å². The van der Waals surface area contributed by atoms with Gasteiger partial charge in [-0.3, -0.25) is 0 Å². The van der Waals surface area contributed by atoms with Crippen LogP contribution in [0.2, 0.25) is 0 Å². The van der Waals surface area contributed by atoms with E-state index in [-0.39, 0.29) is 22.4 Å². The lowest BCUT2D eigenvalue weighted by Gasteiger charge is -2.46. The highest BCUT2D eigenvalue weighted by Crippen LogP contribution is 2.48. The van der Waals surface area contributed by atoms with Crippen LogP contribution in [-0.4, -0.2) is 29.6 Å². The van der Waals surface area contributed by atoms with Gasteiger partial charge in [-0.25, -0.2) is 0 Å². The number of hydrogen-bond donors (Lipinski definition) is 1. The van der Waals surface area contributed by atoms with Crippen molar-refractivity contribution < 1.29 is 5.11 Å². The fraction of sp³-hybridized carbons (Fsp3) is 0.625.